The van der Waals surface area contributed by atoms with Crippen LogP contribution in [-0.4, -0.2) is 72.1 Å². The van der Waals surface area contributed by atoms with Gasteiger partial charge in [-0.05, 0) is 31.5 Å². The first kappa shape index (κ1) is 25.8. The third kappa shape index (κ3) is 4.77. The van der Waals surface area contributed by atoms with Gasteiger partial charge in [0.25, 0.3) is 5.91 Å². The van der Waals surface area contributed by atoms with E-state index in [0.717, 1.165) is 6.07 Å². The lowest BCUT2D eigenvalue weighted by molar-refractivity contribution is -0.161. The van der Waals surface area contributed by atoms with Crippen LogP contribution in [0, 0.1) is 0 Å². The minimum Gasteiger partial charge on any atom is -0.504 e. The number of hydrogen-bond donors (Lipinski definition) is 6. The molecule has 2 aromatic carbocycles. The first-order chi connectivity index (χ1) is 17.4. The topological polar surface area (TPSA) is 185 Å². The lowest BCUT2D eigenvalue weighted by Crippen LogP contribution is -2.71. The van der Waals surface area contributed by atoms with E-state index in [2.05, 4.69) is 10.6 Å². The monoisotopic (exact) mass is 528 g/mol. The van der Waals surface area contributed by atoms with Crippen molar-refractivity contribution in [1.29, 1.82) is 0 Å². The molecular formula is C24H24N4O8S. The highest BCUT2D eigenvalue weighted by Gasteiger charge is 2.64. The third-order valence-corrected chi connectivity index (χ3v) is 7.70. The van der Waals surface area contributed by atoms with Gasteiger partial charge in [-0.15, -0.1) is 11.8 Å². The van der Waals surface area contributed by atoms with E-state index < -0.39 is 69.5 Å². The van der Waals surface area contributed by atoms with Crippen LogP contribution in [0.1, 0.15) is 35.8 Å². The number of hydrogen-bond acceptors (Lipinski definition) is 8. The second-order valence-electron chi connectivity index (χ2n) is 9.03. The van der Waals surface area contributed by atoms with Crippen LogP contribution < -0.4 is 16.0 Å². The number of β-lactam (4-membered cyclic amide) rings is 1. The van der Waals surface area contributed by atoms with Crippen LogP contribution in [0.25, 0.3) is 0 Å². The number of urea groups is 1. The number of phenols is 2. The molecular weight excluding hydrogens is 504 g/mol. The lowest BCUT2D eigenvalue weighted by Gasteiger charge is -2.44. The molecule has 0 spiro atoms. The highest BCUT2D eigenvalue weighted by Crippen LogP contribution is 2.50. The number of para-hydroxylation sites is 1. The predicted octanol–water partition coefficient (Wildman–Crippen LogP) is 0.910. The fraction of sp³-hybridized carbons (Fsp3) is 0.292. The summed E-state index contributed by atoms with van der Waals surface area (Å²) in [5, 5.41) is 35.4. The van der Waals surface area contributed by atoms with Crippen LogP contribution in [0.3, 0.4) is 0 Å². The van der Waals surface area contributed by atoms with Crippen molar-refractivity contribution in [3.63, 3.8) is 0 Å². The lowest BCUT2D eigenvalue weighted by atomic mass is 9.95. The summed E-state index contributed by atoms with van der Waals surface area (Å²) in [5.74, 6) is -4.71. The van der Waals surface area contributed by atoms with Crippen LogP contribution >= 0.6 is 11.8 Å². The highest BCUT2D eigenvalue weighted by molar-refractivity contribution is 8.01. The summed E-state index contributed by atoms with van der Waals surface area (Å²) in [7, 11) is 0. The zero-order valence-corrected chi connectivity index (χ0v) is 20.5. The number of nitrogens with one attached hydrogen (secondary N) is 3. The maximum atomic E-state index is 13.2. The number of carboxylic acid groups (broad SMARTS) is 1. The average Bonchev–Trinajstić information content (AvgIpc) is 3.10. The number of phenolic OH excluding ortho intramolecular Hbond substituents is 2. The van der Waals surface area contributed by atoms with Crippen LogP contribution in [0.5, 0.6) is 11.5 Å². The van der Waals surface area contributed by atoms with E-state index in [9.17, 15) is 39.3 Å². The second-order valence-corrected chi connectivity index (χ2v) is 10.8. The fourth-order valence-electron chi connectivity index (χ4n) is 4.38. The standard InChI is InChI=1S/C24H24N4O8S/c1-24(2)17(22(34)35)28-20(33)15(21(28)37-24)25-19(32)14(11-7-4-3-5-8-11)26-23(36)27-18(31)12-9-6-10-13(29)16(12)30/h3-10,14-15,17,21,29-30H,1-2H3,(H,25,32)(H,34,35)(H2,26,27,31,36)/t14?,15-,17+,21-/m1/s1. The van der Waals surface area contributed by atoms with Crippen LogP contribution in [0.2, 0.25) is 0 Å². The van der Waals surface area contributed by atoms with Crippen LogP contribution in [0.4, 0.5) is 4.79 Å². The summed E-state index contributed by atoms with van der Waals surface area (Å²) < 4.78 is -0.777. The zero-order valence-electron chi connectivity index (χ0n) is 19.7. The van der Waals surface area contributed by atoms with Gasteiger partial charge in [0.05, 0.1) is 5.56 Å². The van der Waals surface area contributed by atoms with Gasteiger partial charge in [-0.1, -0.05) is 36.4 Å². The Balaban J connectivity index is 1.49. The van der Waals surface area contributed by atoms with E-state index in [1.807, 2.05) is 5.32 Å². The number of fused-ring (bicyclic) bond motifs is 1. The minimum absolute atomic E-state index is 0.356. The van der Waals surface area contributed by atoms with Gasteiger partial charge in [0, 0.05) is 4.75 Å². The molecule has 0 saturated carbocycles. The minimum atomic E-state index is -1.32. The Labute approximate surface area is 215 Å². The van der Waals surface area contributed by atoms with Crippen molar-refractivity contribution in [2.24, 2.45) is 0 Å². The number of aromatic hydroxyl groups is 2. The van der Waals surface area contributed by atoms with Gasteiger partial charge in [-0.2, -0.15) is 0 Å². The Hall–Kier alpha value is -4.26. The van der Waals surface area contributed by atoms with E-state index in [4.69, 9.17) is 0 Å². The Kier molecular flexibility index (Phi) is 6.74. The molecule has 12 nitrogen and oxygen atoms in total. The number of rotatable bonds is 6. The largest absolute Gasteiger partial charge is 0.504 e. The Morgan fingerprint density at radius 1 is 1.03 bits per heavy atom. The van der Waals surface area contributed by atoms with Gasteiger partial charge >= 0.3 is 12.0 Å². The van der Waals surface area contributed by atoms with Crippen molar-refractivity contribution < 1.29 is 39.3 Å². The molecule has 4 rings (SSSR count). The smallest absolute Gasteiger partial charge is 0.327 e. The Morgan fingerprint density at radius 2 is 1.70 bits per heavy atom. The molecule has 2 aliphatic heterocycles. The van der Waals surface area contributed by atoms with E-state index in [0.29, 0.717) is 5.56 Å². The number of thioether (sulfide) groups is 1. The summed E-state index contributed by atoms with van der Waals surface area (Å²) in [6.07, 6.45) is 0. The number of carbonyl (C=O) groups excluding carboxylic acids is 4. The SMILES string of the molecule is CC1(C)S[C@@H]2[C@H](NC(=O)C(NC(=O)NC(=O)c3cccc(O)c3O)c3ccccc3)C(=O)N2[C@H]1C(=O)O. The van der Waals surface area contributed by atoms with E-state index in [1.165, 1.54) is 28.8 Å². The van der Waals surface area contributed by atoms with Crippen molar-refractivity contribution in [1.82, 2.24) is 20.9 Å². The average molecular weight is 529 g/mol. The molecule has 4 atom stereocenters. The molecule has 37 heavy (non-hydrogen) atoms. The van der Waals surface area contributed by atoms with Gasteiger partial charge in [-0.3, -0.25) is 19.7 Å². The molecule has 2 aromatic rings. The number of carbonyl (C=O) groups is 5. The molecule has 0 aromatic heterocycles. The molecule has 6 N–H and O–H groups in total. The van der Waals surface area contributed by atoms with E-state index in [1.54, 1.807) is 44.2 Å². The Morgan fingerprint density at radius 3 is 2.35 bits per heavy atom. The summed E-state index contributed by atoms with van der Waals surface area (Å²) >= 11 is 1.26. The summed E-state index contributed by atoms with van der Waals surface area (Å²) in [4.78, 5) is 64.0. The predicted molar refractivity (Wildman–Crippen MR) is 131 cm³/mol. The van der Waals surface area contributed by atoms with Crippen LogP contribution in [-0.2, 0) is 14.4 Å². The van der Waals surface area contributed by atoms with Crippen molar-refractivity contribution in [3.05, 3.63) is 59.7 Å². The maximum Gasteiger partial charge on any atom is 0.327 e. The molecule has 0 bridgehead atoms. The first-order valence-corrected chi connectivity index (χ1v) is 12.0. The molecule has 0 radical (unpaired) electrons. The maximum absolute atomic E-state index is 13.2. The number of nitrogens with zero attached hydrogens (tertiary/aromatic N) is 1. The van der Waals surface area contributed by atoms with Gasteiger partial charge in [0.1, 0.15) is 23.5 Å². The molecule has 0 aliphatic carbocycles. The van der Waals surface area contributed by atoms with Crippen molar-refractivity contribution >= 4 is 41.5 Å². The van der Waals surface area contributed by atoms with Gasteiger partial charge in [0.2, 0.25) is 11.8 Å². The molecule has 194 valence electrons. The van der Waals surface area contributed by atoms with Gasteiger partial charge < -0.3 is 30.9 Å². The highest BCUT2D eigenvalue weighted by atomic mass is 32.2. The summed E-state index contributed by atoms with van der Waals surface area (Å²) in [6, 6.07) is 7.32. The van der Waals surface area contributed by atoms with E-state index >= 15 is 0 Å². The van der Waals surface area contributed by atoms with Crippen LogP contribution in [0.15, 0.2) is 48.5 Å². The van der Waals surface area contributed by atoms with Gasteiger partial charge in [0.15, 0.2) is 11.5 Å². The van der Waals surface area contributed by atoms with Crippen molar-refractivity contribution in [3.8, 4) is 11.5 Å². The zero-order chi connectivity index (χ0) is 27.1. The third-order valence-electron chi connectivity index (χ3n) is 6.13. The summed E-state index contributed by atoms with van der Waals surface area (Å²) in [5.41, 5.74) is -0.000811. The second kappa shape index (κ2) is 9.65. The Bertz CT molecular complexity index is 1280. The molecule has 13 heteroatoms. The normalized spacial score (nSPS) is 22.3. The number of imide groups is 1. The number of benzene rings is 2. The molecule has 1 unspecified atom stereocenters. The fourth-order valence-corrected chi connectivity index (χ4v) is 6.01. The quantitative estimate of drug-likeness (QED) is 0.234. The molecule has 2 heterocycles. The molecule has 2 saturated heterocycles. The molecule has 5 amide bonds. The van der Waals surface area contributed by atoms with Crippen molar-refractivity contribution in [2.75, 3.05) is 0 Å². The van der Waals surface area contributed by atoms with E-state index in [-0.39, 0.29) is 5.56 Å². The summed E-state index contributed by atoms with van der Waals surface area (Å²) in [6.45, 7) is 3.42. The number of aliphatic carboxylic acids is 1. The first-order valence-electron chi connectivity index (χ1n) is 11.1. The van der Waals surface area contributed by atoms with Crippen molar-refractivity contribution in [2.45, 2.75) is 42.1 Å². The number of amides is 5. The molecule has 2 aliphatic rings. The number of carboxylic acids is 1. The molecule has 2 fully saturated rings. The van der Waals surface area contributed by atoms with Gasteiger partial charge in [-0.25, -0.2) is 9.59 Å².